The quantitative estimate of drug-likeness (QED) is 0.402. The number of carbonyl (C=O) groups is 2. The number of anilines is 2. The summed E-state index contributed by atoms with van der Waals surface area (Å²) in [6.45, 7) is 0.301. The van der Waals surface area contributed by atoms with Crippen LogP contribution >= 0.6 is 0 Å². The minimum Gasteiger partial charge on any atom is -0.495 e. The number of aromatic nitrogens is 4. The third kappa shape index (κ3) is 4.72. The van der Waals surface area contributed by atoms with E-state index in [1.165, 1.54) is 16.6 Å². The highest BCUT2D eigenvalue weighted by molar-refractivity contribution is 7.91. The van der Waals surface area contributed by atoms with E-state index in [2.05, 4.69) is 15.4 Å². The molecule has 2 N–H and O–H groups in total. The van der Waals surface area contributed by atoms with Crippen LogP contribution in [-0.2, 0) is 16.9 Å². The molecule has 0 unspecified atom stereocenters. The molecule has 192 valence electrons. The monoisotopic (exact) mass is 524 g/mol. The molecule has 13 heteroatoms. The molecule has 3 aromatic heterocycles. The number of benzene rings is 1. The Morgan fingerprint density at radius 1 is 1.11 bits per heavy atom. The summed E-state index contributed by atoms with van der Waals surface area (Å²) in [4.78, 5) is 30.9. The Kier molecular flexibility index (Phi) is 6.07. The number of ether oxygens (including phenoxy) is 1. The smallest absolute Gasteiger partial charge is 0.416 e. The second kappa shape index (κ2) is 9.24. The van der Waals surface area contributed by atoms with Crippen molar-refractivity contribution in [1.82, 2.24) is 24.2 Å². The molecular formula is C24H24N6O6S. The van der Waals surface area contributed by atoms with Crippen LogP contribution in [0.1, 0.15) is 10.4 Å². The summed E-state index contributed by atoms with van der Waals surface area (Å²) in [6, 6.07) is 8.22. The summed E-state index contributed by atoms with van der Waals surface area (Å²) < 4.78 is 31.6. The number of hydrogen-bond acceptors (Lipinski definition) is 8. The zero-order valence-corrected chi connectivity index (χ0v) is 20.9. The van der Waals surface area contributed by atoms with Gasteiger partial charge in [0.25, 0.3) is 5.91 Å². The first-order valence-electron chi connectivity index (χ1n) is 11.3. The minimum atomic E-state index is -3.10. The van der Waals surface area contributed by atoms with Crippen LogP contribution < -0.4 is 10.1 Å². The highest BCUT2D eigenvalue weighted by Crippen LogP contribution is 2.32. The Bertz CT molecular complexity index is 1630. The van der Waals surface area contributed by atoms with Crippen LogP contribution in [0, 0.1) is 0 Å². The van der Waals surface area contributed by atoms with Gasteiger partial charge in [0.1, 0.15) is 11.6 Å². The van der Waals surface area contributed by atoms with Crippen molar-refractivity contribution in [2.45, 2.75) is 0 Å². The van der Waals surface area contributed by atoms with E-state index in [4.69, 9.17) is 4.74 Å². The average molecular weight is 525 g/mol. The molecule has 1 aliphatic heterocycles. The van der Waals surface area contributed by atoms with Gasteiger partial charge in [0.2, 0.25) is 0 Å². The molecule has 1 aliphatic rings. The number of rotatable bonds is 5. The molecule has 0 spiro atoms. The molecule has 37 heavy (non-hydrogen) atoms. The van der Waals surface area contributed by atoms with Gasteiger partial charge in [-0.3, -0.25) is 9.48 Å². The SMILES string of the molecule is COc1cc(C(=O)N2CCS(=O)(=O)CC2)ccc1Nc1cc2c(cn1)cc(-c1cnn(C)c1)n2C(=O)O. The Balaban J connectivity index is 1.43. The average Bonchev–Trinajstić information content (AvgIpc) is 3.47. The molecule has 0 radical (unpaired) electrons. The van der Waals surface area contributed by atoms with Gasteiger partial charge in [0.15, 0.2) is 9.84 Å². The Labute approximate surface area is 212 Å². The molecule has 1 amide bonds. The normalized spacial score (nSPS) is 15.0. The molecule has 0 aliphatic carbocycles. The van der Waals surface area contributed by atoms with Crippen molar-refractivity contribution in [2.75, 3.05) is 37.0 Å². The zero-order valence-electron chi connectivity index (χ0n) is 20.1. The summed E-state index contributed by atoms with van der Waals surface area (Å²) in [5, 5.41) is 17.8. The summed E-state index contributed by atoms with van der Waals surface area (Å²) in [7, 11) is 0.120. The fraction of sp³-hybridized carbons (Fsp3) is 0.250. The summed E-state index contributed by atoms with van der Waals surface area (Å²) in [6.07, 6.45) is 3.76. The van der Waals surface area contributed by atoms with Crippen molar-refractivity contribution in [3.05, 3.63) is 54.5 Å². The number of aryl methyl sites for hydroxylation is 1. The van der Waals surface area contributed by atoms with Gasteiger partial charge in [0.05, 0.1) is 41.7 Å². The Morgan fingerprint density at radius 2 is 1.86 bits per heavy atom. The lowest BCUT2D eigenvalue weighted by atomic mass is 10.1. The summed E-state index contributed by atoms with van der Waals surface area (Å²) in [5.74, 6) is 0.377. The first-order chi connectivity index (χ1) is 17.6. The second-order valence-electron chi connectivity index (χ2n) is 8.66. The number of hydrogen-bond donors (Lipinski definition) is 2. The number of fused-ring (bicyclic) bond motifs is 1. The van der Waals surface area contributed by atoms with E-state index in [9.17, 15) is 23.1 Å². The van der Waals surface area contributed by atoms with Crippen molar-refractivity contribution in [2.24, 2.45) is 7.05 Å². The number of nitrogens with one attached hydrogen (secondary N) is 1. The van der Waals surface area contributed by atoms with Gasteiger partial charge in [-0.2, -0.15) is 5.10 Å². The number of amides is 1. The van der Waals surface area contributed by atoms with Crippen molar-refractivity contribution < 1.29 is 27.9 Å². The number of nitrogens with zero attached hydrogens (tertiary/aromatic N) is 5. The molecule has 1 aromatic carbocycles. The molecule has 0 atom stereocenters. The maximum atomic E-state index is 12.9. The van der Waals surface area contributed by atoms with Crippen LogP contribution in [0.5, 0.6) is 5.75 Å². The van der Waals surface area contributed by atoms with Crippen molar-refractivity contribution in [3.8, 4) is 17.0 Å². The lowest BCUT2D eigenvalue weighted by molar-refractivity contribution is 0.0770. The Hall–Kier alpha value is -4.39. The molecule has 5 rings (SSSR count). The van der Waals surface area contributed by atoms with Gasteiger partial charge in [-0.05, 0) is 24.3 Å². The largest absolute Gasteiger partial charge is 0.495 e. The van der Waals surface area contributed by atoms with Gasteiger partial charge >= 0.3 is 6.09 Å². The second-order valence-corrected chi connectivity index (χ2v) is 11.0. The van der Waals surface area contributed by atoms with E-state index in [0.29, 0.717) is 45.0 Å². The van der Waals surface area contributed by atoms with Gasteiger partial charge in [-0.15, -0.1) is 0 Å². The maximum Gasteiger partial charge on any atom is 0.416 e. The van der Waals surface area contributed by atoms with E-state index in [1.54, 1.807) is 60.7 Å². The van der Waals surface area contributed by atoms with Crippen LogP contribution in [0.4, 0.5) is 16.3 Å². The molecule has 4 heterocycles. The van der Waals surface area contributed by atoms with Crippen LogP contribution in [0.2, 0.25) is 0 Å². The van der Waals surface area contributed by atoms with Crippen LogP contribution in [0.3, 0.4) is 0 Å². The number of sulfone groups is 1. The lowest BCUT2D eigenvalue weighted by Gasteiger charge is -2.27. The third-order valence-corrected chi connectivity index (χ3v) is 7.83. The van der Waals surface area contributed by atoms with Crippen molar-refractivity contribution in [1.29, 1.82) is 0 Å². The number of methoxy groups -OCH3 is 1. The number of carbonyl (C=O) groups excluding carboxylic acids is 1. The van der Waals surface area contributed by atoms with Gasteiger partial charge in [-0.1, -0.05) is 0 Å². The molecule has 12 nitrogen and oxygen atoms in total. The van der Waals surface area contributed by atoms with Gasteiger partial charge < -0.3 is 20.1 Å². The first kappa shape index (κ1) is 24.3. The van der Waals surface area contributed by atoms with E-state index in [-0.39, 0.29) is 30.5 Å². The molecule has 1 fully saturated rings. The first-order valence-corrected chi connectivity index (χ1v) is 13.2. The van der Waals surface area contributed by atoms with E-state index >= 15 is 0 Å². The predicted octanol–water partition coefficient (Wildman–Crippen LogP) is 2.59. The molecular weight excluding hydrogens is 500 g/mol. The maximum absolute atomic E-state index is 12.9. The fourth-order valence-electron chi connectivity index (χ4n) is 4.31. The molecule has 4 aromatic rings. The van der Waals surface area contributed by atoms with Gasteiger partial charge in [-0.25, -0.2) is 22.8 Å². The van der Waals surface area contributed by atoms with Crippen LogP contribution in [0.15, 0.2) is 48.9 Å². The topological polar surface area (TPSA) is 149 Å². The number of carboxylic acid groups (broad SMARTS) is 1. The molecule has 1 saturated heterocycles. The summed E-state index contributed by atoms with van der Waals surface area (Å²) >= 11 is 0. The van der Waals surface area contributed by atoms with Crippen molar-refractivity contribution in [3.63, 3.8) is 0 Å². The fourth-order valence-corrected chi connectivity index (χ4v) is 5.51. The third-order valence-electron chi connectivity index (χ3n) is 6.22. The van der Waals surface area contributed by atoms with Crippen LogP contribution in [0.25, 0.3) is 22.2 Å². The molecule has 0 saturated carbocycles. The standard InChI is InChI=1S/C24H24N6O6S/c1-28-14-17(13-26-28)19-9-16-12-25-22(11-20(16)30(19)24(32)33)27-18-4-3-15(10-21(18)36-2)23(31)29-5-7-37(34,35)8-6-29/h3-4,9-14H,5-8H2,1-2H3,(H,25,27)(H,32,33). The van der Waals surface area contributed by atoms with Gasteiger partial charge in [0, 0.05) is 55.1 Å². The highest BCUT2D eigenvalue weighted by atomic mass is 32.2. The minimum absolute atomic E-state index is 0.0514. The Morgan fingerprint density at radius 3 is 2.51 bits per heavy atom. The van der Waals surface area contributed by atoms with E-state index < -0.39 is 15.9 Å². The summed E-state index contributed by atoms with van der Waals surface area (Å²) in [5.41, 5.74) is 2.46. The lowest BCUT2D eigenvalue weighted by Crippen LogP contribution is -2.43. The van der Waals surface area contributed by atoms with E-state index in [1.807, 2.05) is 0 Å². The molecule has 0 bridgehead atoms. The highest BCUT2D eigenvalue weighted by Gasteiger charge is 2.26. The van der Waals surface area contributed by atoms with Crippen molar-refractivity contribution >= 4 is 44.2 Å². The predicted molar refractivity (Wildman–Crippen MR) is 136 cm³/mol. The number of pyridine rings is 1. The van der Waals surface area contributed by atoms with E-state index in [0.717, 1.165) is 0 Å². The van der Waals surface area contributed by atoms with Crippen LogP contribution in [-0.4, -0.2) is 81.5 Å². The zero-order chi connectivity index (χ0) is 26.3.